The molecular formula is C36H26N6. The highest BCUT2D eigenvalue weighted by Gasteiger charge is 2.13. The lowest BCUT2D eigenvalue weighted by Gasteiger charge is -2.13. The molecule has 6 heteroatoms. The van der Waals surface area contributed by atoms with Crippen LogP contribution in [0.4, 0.5) is 0 Å². The van der Waals surface area contributed by atoms with Crippen molar-refractivity contribution in [3.8, 4) is 44.8 Å². The molecule has 4 heterocycles. The van der Waals surface area contributed by atoms with E-state index in [0.29, 0.717) is 0 Å². The van der Waals surface area contributed by atoms with Crippen molar-refractivity contribution in [3.63, 3.8) is 0 Å². The standard InChI is InChI=1S/C36H26N6/c1-41-21-27(19-39-41)23-11-13-37-35(17-23)25-7-9-31-32-10-8-26(16-34(32)30-6-4-3-5-29(30)33(31)15-25)36-18-24(12-14-38-36)28-20-40-42(2)22-28/h3-22H,1-2H3. The van der Waals surface area contributed by atoms with Crippen molar-refractivity contribution in [2.24, 2.45) is 14.1 Å². The van der Waals surface area contributed by atoms with Crippen LogP contribution in [0.2, 0.25) is 0 Å². The number of aryl methyl sites for hydroxylation is 2. The van der Waals surface area contributed by atoms with Gasteiger partial charge in [0.2, 0.25) is 0 Å². The van der Waals surface area contributed by atoms with Crippen LogP contribution >= 0.6 is 0 Å². The maximum absolute atomic E-state index is 4.73. The fourth-order valence-electron chi connectivity index (χ4n) is 5.95. The summed E-state index contributed by atoms with van der Waals surface area (Å²) in [5.41, 5.74) is 8.42. The first-order valence-corrected chi connectivity index (χ1v) is 13.9. The van der Waals surface area contributed by atoms with E-state index < -0.39 is 0 Å². The second-order valence-corrected chi connectivity index (χ2v) is 10.7. The number of nitrogens with zero attached hydrogens (tertiary/aromatic N) is 6. The Morgan fingerprint density at radius 2 is 0.881 bits per heavy atom. The van der Waals surface area contributed by atoms with Crippen LogP contribution in [0.15, 0.2) is 122 Å². The monoisotopic (exact) mass is 542 g/mol. The van der Waals surface area contributed by atoms with Gasteiger partial charge in [0.05, 0.1) is 23.8 Å². The Bertz CT molecular complexity index is 2110. The van der Waals surface area contributed by atoms with E-state index in [1.165, 1.54) is 32.3 Å². The number of hydrogen-bond acceptors (Lipinski definition) is 4. The maximum Gasteiger partial charge on any atom is 0.0708 e. The van der Waals surface area contributed by atoms with Crippen molar-refractivity contribution >= 4 is 32.3 Å². The quantitative estimate of drug-likeness (QED) is 0.211. The van der Waals surface area contributed by atoms with Gasteiger partial charge < -0.3 is 0 Å². The molecule has 0 radical (unpaired) electrons. The van der Waals surface area contributed by atoms with Gasteiger partial charge in [0.25, 0.3) is 0 Å². The number of hydrogen-bond donors (Lipinski definition) is 0. The highest BCUT2D eigenvalue weighted by Crippen LogP contribution is 2.39. The third-order valence-electron chi connectivity index (χ3n) is 8.02. The van der Waals surface area contributed by atoms with Gasteiger partial charge >= 0.3 is 0 Å². The predicted molar refractivity (Wildman–Crippen MR) is 170 cm³/mol. The SMILES string of the molecule is Cn1cc(-c2ccnc(-c3ccc4c5ccc(-c6cc(-c7cnn(C)c7)ccn6)cc5c5ccccc5c4c3)c2)cn1. The van der Waals surface area contributed by atoms with Gasteiger partial charge in [-0.25, -0.2) is 0 Å². The van der Waals surface area contributed by atoms with Crippen molar-refractivity contribution in [2.45, 2.75) is 0 Å². The van der Waals surface area contributed by atoms with Gasteiger partial charge in [0.15, 0.2) is 0 Å². The Labute approximate surface area is 242 Å². The minimum absolute atomic E-state index is 0.942. The van der Waals surface area contributed by atoms with Crippen LogP contribution in [0.1, 0.15) is 0 Å². The highest BCUT2D eigenvalue weighted by molar-refractivity contribution is 6.26. The van der Waals surface area contributed by atoms with E-state index in [-0.39, 0.29) is 0 Å². The summed E-state index contributed by atoms with van der Waals surface area (Å²) in [6.45, 7) is 0. The molecule has 0 amide bonds. The second kappa shape index (κ2) is 9.49. The molecular weight excluding hydrogens is 516 g/mol. The Morgan fingerprint density at radius 3 is 1.31 bits per heavy atom. The van der Waals surface area contributed by atoms with Crippen molar-refractivity contribution in [3.05, 3.63) is 122 Å². The van der Waals surface area contributed by atoms with Crippen molar-refractivity contribution in [2.75, 3.05) is 0 Å². The molecule has 8 rings (SSSR count). The predicted octanol–water partition coefficient (Wildman–Crippen LogP) is 8.07. The van der Waals surface area contributed by atoms with Crippen molar-refractivity contribution < 1.29 is 0 Å². The van der Waals surface area contributed by atoms with Crippen LogP contribution in [-0.4, -0.2) is 29.5 Å². The molecule has 6 nitrogen and oxygen atoms in total. The minimum atomic E-state index is 0.942. The average molecular weight is 543 g/mol. The Kier molecular flexibility index (Phi) is 5.47. The molecule has 0 spiro atoms. The Hall–Kier alpha value is -5.62. The molecule has 8 aromatic rings. The van der Waals surface area contributed by atoms with Gasteiger partial charge in [-0.1, -0.05) is 48.5 Å². The largest absolute Gasteiger partial charge is 0.275 e. The van der Waals surface area contributed by atoms with Crippen LogP contribution < -0.4 is 0 Å². The number of fused-ring (bicyclic) bond motifs is 6. The van der Waals surface area contributed by atoms with E-state index in [4.69, 9.17) is 9.97 Å². The molecule has 4 aromatic carbocycles. The van der Waals surface area contributed by atoms with Crippen LogP contribution in [0.3, 0.4) is 0 Å². The van der Waals surface area contributed by atoms with E-state index in [1.54, 1.807) is 0 Å². The average Bonchev–Trinajstić information content (AvgIpc) is 3.69. The molecule has 0 fully saturated rings. The summed E-state index contributed by atoms with van der Waals surface area (Å²) in [6.07, 6.45) is 11.6. The van der Waals surface area contributed by atoms with E-state index in [9.17, 15) is 0 Å². The van der Waals surface area contributed by atoms with Crippen LogP contribution in [0, 0.1) is 0 Å². The molecule has 200 valence electrons. The summed E-state index contributed by atoms with van der Waals surface area (Å²) in [5, 5.41) is 16.0. The van der Waals surface area contributed by atoms with Gasteiger partial charge in [-0.2, -0.15) is 10.2 Å². The number of aromatic nitrogens is 6. The van der Waals surface area contributed by atoms with Crippen LogP contribution in [0.25, 0.3) is 77.1 Å². The summed E-state index contributed by atoms with van der Waals surface area (Å²) in [5.74, 6) is 0. The molecule has 0 saturated carbocycles. The fourth-order valence-corrected chi connectivity index (χ4v) is 5.95. The number of benzene rings is 4. The molecule has 0 aliphatic rings. The second-order valence-electron chi connectivity index (χ2n) is 10.7. The summed E-state index contributed by atoms with van der Waals surface area (Å²) >= 11 is 0. The molecule has 0 aliphatic carbocycles. The molecule has 0 saturated heterocycles. The van der Waals surface area contributed by atoms with E-state index in [0.717, 1.165) is 44.8 Å². The highest BCUT2D eigenvalue weighted by atomic mass is 15.2. The van der Waals surface area contributed by atoms with Crippen LogP contribution in [0.5, 0.6) is 0 Å². The number of rotatable bonds is 4. The zero-order valence-electron chi connectivity index (χ0n) is 23.2. The van der Waals surface area contributed by atoms with Gasteiger partial charge in [-0.05, 0) is 79.8 Å². The molecule has 0 aliphatic heterocycles. The third kappa shape index (κ3) is 4.04. The number of pyridine rings is 2. The topological polar surface area (TPSA) is 61.4 Å². The molecule has 0 unspecified atom stereocenters. The molecule has 0 atom stereocenters. The first-order chi connectivity index (χ1) is 20.6. The normalized spacial score (nSPS) is 11.6. The lowest BCUT2D eigenvalue weighted by Crippen LogP contribution is -1.89. The van der Waals surface area contributed by atoms with E-state index in [1.807, 2.05) is 72.8 Å². The summed E-state index contributed by atoms with van der Waals surface area (Å²) in [6, 6.07) is 30.4. The first-order valence-electron chi connectivity index (χ1n) is 13.9. The maximum atomic E-state index is 4.73. The van der Waals surface area contributed by atoms with Gasteiger partial charge in [0.1, 0.15) is 0 Å². The smallest absolute Gasteiger partial charge is 0.0708 e. The molecule has 42 heavy (non-hydrogen) atoms. The zero-order chi connectivity index (χ0) is 28.2. The van der Waals surface area contributed by atoms with E-state index in [2.05, 4.69) is 83.0 Å². The summed E-state index contributed by atoms with van der Waals surface area (Å²) < 4.78 is 3.64. The fraction of sp³-hybridized carbons (Fsp3) is 0.0556. The summed E-state index contributed by atoms with van der Waals surface area (Å²) in [7, 11) is 3.87. The van der Waals surface area contributed by atoms with Crippen molar-refractivity contribution in [1.29, 1.82) is 0 Å². The van der Waals surface area contributed by atoms with Crippen molar-refractivity contribution in [1.82, 2.24) is 29.5 Å². The lowest BCUT2D eigenvalue weighted by molar-refractivity contribution is 0.768. The lowest BCUT2D eigenvalue weighted by atomic mass is 9.91. The Morgan fingerprint density at radius 1 is 0.429 bits per heavy atom. The molecule has 0 bridgehead atoms. The first kappa shape index (κ1) is 24.2. The molecule has 0 N–H and O–H groups in total. The summed E-state index contributed by atoms with van der Waals surface area (Å²) in [4.78, 5) is 9.45. The zero-order valence-corrected chi connectivity index (χ0v) is 23.2. The minimum Gasteiger partial charge on any atom is -0.275 e. The van der Waals surface area contributed by atoms with E-state index >= 15 is 0 Å². The third-order valence-corrected chi connectivity index (χ3v) is 8.02. The van der Waals surface area contributed by atoms with Crippen LogP contribution in [-0.2, 0) is 14.1 Å². The van der Waals surface area contributed by atoms with Gasteiger partial charge in [0, 0.05) is 61.1 Å². The molecule has 4 aromatic heterocycles. The van der Waals surface area contributed by atoms with Gasteiger partial charge in [-0.15, -0.1) is 0 Å². The Balaban J connectivity index is 1.28. The van der Waals surface area contributed by atoms with Gasteiger partial charge in [-0.3, -0.25) is 19.3 Å².